The summed E-state index contributed by atoms with van der Waals surface area (Å²) in [4.78, 5) is 0. The third kappa shape index (κ3) is 11.5. The van der Waals surface area contributed by atoms with Gasteiger partial charge in [-0.15, -0.1) is 0 Å². The van der Waals surface area contributed by atoms with Gasteiger partial charge in [-0.25, -0.2) is 0 Å². The van der Waals surface area contributed by atoms with Crippen molar-refractivity contribution in [2.24, 2.45) is 0 Å². The van der Waals surface area contributed by atoms with E-state index in [0.29, 0.717) is 13.2 Å². The summed E-state index contributed by atoms with van der Waals surface area (Å²) in [5.41, 5.74) is 0. The lowest BCUT2D eigenvalue weighted by Crippen LogP contribution is -2.32. The first-order valence-electron chi connectivity index (χ1n) is 6.98. The summed E-state index contributed by atoms with van der Waals surface area (Å²) in [5, 5.41) is 35.8. The third-order valence-corrected chi connectivity index (χ3v) is 2.51. The molecule has 0 aliphatic carbocycles. The lowest BCUT2D eigenvalue weighted by Gasteiger charge is -2.20. The zero-order chi connectivity index (χ0) is 15.2. The smallest absolute Gasteiger partial charge is 0.104 e. The van der Waals surface area contributed by atoms with Crippen LogP contribution in [0, 0.1) is 0 Å². The summed E-state index contributed by atoms with van der Waals surface area (Å²) in [7, 11) is 0. The largest absolute Gasteiger partial charge is 0.394 e. The zero-order valence-electron chi connectivity index (χ0n) is 12.1. The molecule has 20 heavy (non-hydrogen) atoms. The Hall–Kier alpha value is -0.280. The number of ether oxygens (including phenoxy) is 3. The lowest BCUT2D eigenvalue weighted by molar-refractivity contribution is -0.0975. The van der Waals surface area contributed by atoms with Gasteiger partial charge in [-0.05, 0) is 6.42 Å². The van der Waals surface area contributed by atoms with Gasteiger partial charge in [0.15, 0.2) is 0 Å². The van der Waals surface area contributed by atoms with Crippen molar-refractivity contribution in [2.45, 2.75) is 38.1 Å². The zero-order valence-corrected chi connectivity index (χ0v) is 12.1. The van der Waals surface area contributed by atoms with Crippen LogP contribution in [0.1, 0.15) is 19.8 Å². The second-order valence-corrected chi connectivity index (χ2v) is 4.59. The van der Waals surface area contributed by atoms with Crippen molar-refractivity contribution in [3.63, 3.8) is 0 Å². The number of aliphatic hydroxyl groups is 4. The monoisotopic (exact) mass is 296 g/mol. The van der Waals surface area contributed by atoms with Gasteiger partial charge in [0, 0.05) is 6.61 Å². The highest BCUT2D eigenvalue weighted by Gasteiger charge is 2.13. The standard InChI is InChI=1S/C13H28O7/c1-2-3-4-18-9-13(20-8-12(17)6-15)10-19-7-11(16)5-14/h11-17H,2-10H2,1H3. The summed E-state index contributed by atoms with van der Waals surface area (Å²) in [6.07, 6.45) is -0.251. The molecule has 0 heterocycles. The molecule has 0 aromatic rings. The molecule has 0 fully saturated rings. The minimum absolute atomic E-state index is 0.00781. The Morgan fingerprint density at radius 2 is 1.45 bits per heavy atom. The van der Waals surface area contributed by atoms with Crippen molar-refractivity contribution < 1.29 is 34.6 Å². The molecule has 0 rings (SSSR count). The van der Waals surface area contributed by atoms with E-state index in [4.69, 9.17) is 29.5 Å². The Kier molecular flexibility index (Phi) is 13.5. The van der Waals surface area contributed by atoms with E-state index in [0.717, 1.165) is 12.8 Å². The fraction of sp³-hybridized carbons (Fsp3) is 1.00. The van der Waals surface area contributed by atoms with E-state index in [-0.39, 0.29) is 39.1 Å². The predicted octanol–water partition coefficient (Wildman–Crippen LogP) is -1.09. The van der Waals surface area contributed by atoms with Crippen LogP contribution in [-0.4, -0.2) is 85.0 Å². The summed E-state index contributed by atoms with van der Waals surface area (Å²) in [6.45, 7) is 2.45. The molecule has 0 aliphatic heterocycles. The summed E-state index contributed by atoms with van der Waals surface area (Å²) >= 11 is 0. The van der Waals surface area contributed by atoms with Crippen LogP contribution in [0.5, 0.6) is 0 Å². The number of rotatable bonds is 14. The number of hydrogen-bond donors (Lipinski definition) is 4. The van der Waals surface area contributed by atoms with Gasteiger partial charge in [0.2, 0.25) is 0 Å². The van der Waals surface area contributed by atoms with Crippen molar-refractivity contribution in [1.82, 2.24) is 0 Å². The summed E-state index contributed by atoms with van der Waals surface area (Å²) < 4.78 is 16.0. The highest BCUT2D eigenvalue weighted by atomic mass is 16.6. The SMILES string of the molecule is CCCCOCC(COCC(O)CO)OCC(O)CO. The maximum Gasteiger partial charge on any atom is 0.104 e. The second-order valence-electron chi connectivity index (χ2n) is 4.59. The van der Waals surface area contributed by atoms with Crippen LogP contribution in [0.25, 0.3) is 0 Å². The molecule has 4 N–H and O–H groups in total. The Bertz CT molecular complexity index is 203. The average molecular weight is 296 g/mol. The fourth-order valence-electron chi connectivity index (χ4n) is 1.29. The molecule has 0 spiro atoms. The normalized spacial score (nSPS) is 16.1. The molecule has 3 atom stereocenters. The number of hydrogen-bond acceptors (Lipinski definition) is 7. The second kappa shape index (κ2) is 13.7. The lowest BCUT2D eigenvalue weighted by atomic mass is 10.3. The van der Waals surface area contributed by atoms with E-state index in [1.54, 1.807) is 0 Å². The average Bonchev–Trinajstić information content (AvgIpc) is 2.47. The van der Waals surface area contributed by atoms with Crippen LogP contribution >= 0.6 is 0 Å². The summed E-state index contributed by atoms with van der Waals surface area (Å²) in [5.74, 6) is 0. The third-order valence-electron chi connectivity index (χ3n) is 2.51. The molecule has 7 heteroatoms. The summed E-state index contributed by atoms with van der Waals surface area (Å²) in [6, 6.07) is 0. The van der Waals surface area contributed by atoms with Gasteiger partial charge in [0.05, 0.1) is 39.6 Å². The van der Waals surface area contributed by atoms with Gasteiger partial charge in [0.25, 0.3) is 0 Å². The minimum atomic E-state index is -0.934. The van der Waals surface area contributed by atoms with Gasteiger partial charge < -0.3 is 34.6 Å². The Morgan fingerprint density at radius 1 is 0.850 bits per heavy atom. The quantitative estimate of drug-likeness (QED) is 0.302. The molecule has 0 bridgehead atoms. The van der Waals surface area contributed by atoms with Gasteiger partial charge in [-0.3, -0.25) is 0 Å². The molecule has 0 saturated carbocycles. The van der Waals surface area contributed by atoms with E-state index in [2.05, 4.69) is 6.92 Å². The molecule has 0 aromatic heterocycles. The first-order valence-corrected chi connectivity index (χ1v) is 6.98. The Labute approximate surface area is 120 Å². The predicted molar refractivity (Wildman–Crippen MR) is 72.5 cm³/mol. The molecule has 0 saturated heterocycles. The van der Waals surface area contributed by atoms with E-state index in [1.165, 1.54) is 0 Å². The molecule has 122 valence electrons. The molecule has 0 radical (unpaired) electrons. The maximum atomic E-state index is 9.24. The van der Waals surface area contributed by atoms with Crippen molar-refractivity contribution in [2.75, 3.05) is 46.2 Å². The van der Waals surface area contributed by atoms with Crippen LogP contribution in [0.4, 0.5) is 0 Å². The fourth-order valence-corrected chi connectivity index (χ4v) is 1.29. The van der Waals surface area contributed by atoms with Crippen molar-refractivity contribution in [3.8, 4) is 0 Å². The van der Waals surface area contributed by atoms with Crippen molar-refractivity contribution in [3.05, 3.63) is 0 Å². The van der Waals surface area contributed by atoms with Gasteiger partial charge in [0.1, 0.15) is 18.3 Å². The van der Waals surface area contributed by atoms with Crippen LogP contribution in [-0.2, 0) is 14.2 Å². The van der Waals surface area contributed by atoms with Crippen LogP contribution in [0.2, 0.25) is 0 Å². The molecular formula is C13H28O7. The topological polar surface area (TPSA) is 109 Å². The van der Waals surface area contributed by atoms with Crippen LogP contribution in [0.3, 0.4) is 0 Å². The Balaban J connectivity index is 3.90. The molecule has 3 unspecified atom stereocenters. The number of aliphatic hydroxyl groups excluding tert-OH is 4. The molecule has 7 nitrogen and oxygen atoms in total. The van der Waals surface area contributed by atoms with Crippen molar-refractivity contribution >= 4 is 0 Å². The highest BCUT2D eigenvalue weighted by molar-refractivity contribution is 4.60. The van der Waals surface area contributed by atoms with Crippen LogP contribution < -0.4 is 0 Å². The van der Waals surface area contributed by atoms with E-state index >= 15 is 0 Å². The van der Waals surface area contributed by atoms with Gasteiger partial charge >= 0.3 is 0 Å². The van der Waals surface area contributed by atoms with Crippen LogP contribution in [0.15, 0.2) is 0 Å². The van der Waals surface area contributed by atoms with Gasteiger partial charge in [-0.2, -0.15) is 0 Å². The Morgan fingerprint density at radius 3 is 2.05 bits per heavy atom. The molecule has 0 aromatic carbocycles. The minimum Gasteiger partial charge on any atom is -0.394 e. The molecule has 0 aliphatic rings. The van der Waals surface area contributed by atoms with Gasteiger partial charge in [-0.1, -0.05) is 13.3 Å². The first-order chi connectivity index (χ1) is 9.63. The van der Waals surface area contributed by atoms with Crippen molar-refractivity contribution in [1.29, 1.82) is 0 Å². The highest BCUT2D eigenvalue weighted by Crippen LogP contribution is 2.00. The maximum absolute atomic E-state index is 9.24. The van der Waals surface area contributed by atoms with E-state index in [9.17, 15) is 5.11 Å². The van der Waals surface area contributed by atoms with E-state index < -0.39 is 12.2 Å². The van der Waals surface area contributed by atoms with E-state index in [1.807, 2.05) is 0 Å². The molecular weight excluding hydrogens is 268 g/mol. The number of unbranched alkanes of at least 4 members (excludes halogenated alkanes) is 1. The molecule has 0 amide bonds. The first kappa shape index (κ1) is 19.7.